The molecule has 0 bridgehead atoms. The Bertz CT molecular complexity index is 461. The largest absolute Gasteiger partial charge is 0.466 e. The van der Waals surface area contributed by atoms with Crippen molar-refractivity contribution in [3.63, 3.8) is 0 Å². The Balaban J connectivity index is 1.74. The Hall–Kier alpha value is -0.730. The highest BCUT2D eigenvalue weighted by molar-refractivity contribution is 5.77. The van der Waals surface area contributed by atoms with Gasteiger partial charge in [-0.2, -0.15) is 0 Å². The van der Waals surface area contributed by atoms with Gasteiger partial charge in [-0.3, -0.25) is 4.79 Å². The van der Waals surface area contributed by atoms with Crippen LogP contribution in [0.25, 0.3) is 0 Å². The highest BCUT2D eigenvalue weighted by Gasteiger charge is 2.58. The zero-order valence-electron chi connectivity index (χ0n) is 14.4. The molecule has 0 N–H and O–H groups in total. The molecule has 0 aromatic rings. The first-order valence-corrected chi connectivity index (χ1v) is 8.12. The van der Waals surface area contributed by atoms with Crippen molar-refractivity contribution < 1.29 is 33.2 Å². The molecule has 7 nitrogen and oxygen atoms in total. The highest BCUT2D eigenvalue weighted by Crippen LogP contribution is 2.47. The number of esters is 1. The molecule has 3 saturated heterocycles. The fourth-order valence-electron chi connectivity index (χ4n) is 3.10. The summed E-state index contributed by atoms with van der Waals surface area (Å²) >= 11 is 0. The average molecular weight is 330 g/mol. The smallest absolute Gasteiger partial charge is 0.312 e. The summed E-state index contributed by atoms with van der Waals surface area (Å²) in [6, 6.07) is 0. The van der Waals surface area contributed by atoms with Crippen LogP contribution in [0.4, 0.5) is 0 Å². The lowest BCUT2D eigenvalue weighted by Crippen LogP contribution is -2.56. The molecular formula is C16H26O7. The van der Waals surface area contributed by atoms with E-state index in [0.29, 0.717) is 13.2 Å². The molecule has 0 aromatic carbocycles. The van der Waals surface area contributed by atoms with E-state index in [9.17, 15) is 4.79 Å². The fraction of sp³-hybridized carbons (Fsp3) is 0.938. The lowest BCUT2D eigenvalue weighted by Gasteiger charge is -2.47. The molecule has 3 rings (SSSR count). The number of carbonyl (C=O) groups is 1. The van der Waals surface area contributed by atoms with Crippen LogP contribution in [0.15, 0.2) is 0 Å². The molecule has 0 saturated carbocycles. The highest BCUT2D eigenvalue weighted by atomic mass is 16.8. The van der Waals surface area contributed by atoms with Crippen molar-refractivity contribution in [2.75, 3.05) is 20.0 Å². The maximum absolute atomic E-state index is 12.4. The van der Waals surface area contributed by atoms with Crippen molar-refractivity contribution in [2.24, 2.45) is 10.8 Å². The van der Waals surface area contributed by atoms with Gasteiger partial charge in [-0.25, -0.2) is 0 Å². The van der Waals surface area contributed by atoms with Gasteiger partial charge < -0.3 is 28.4 Å². The molecule has 23 heavy (non-hydrogen) atoms. The standard InChI is InChI=1S/C16H26O7/c1-6-18-13(17)15(2,3)16(4,5)14-19-7-9-10(23-14)11-12(22-9)21-8-20-11/h9-12,14H,6-8H2,1-5H3. The Labute approximate surface area is 136 Å². The molecule has 0 aliphatic carbocycles. The molecular weight excluding hydrogens is 304 g/mol. The first kappa shape index (κ1) is 17.1. The van der Waals surface area contributed by atoms with E-state index in [4.69, 9.17) is 28.4 Å². The van der Waals surface area contributed by atoms with Gasteiger partial charge in [-0.05, 0) is 20.8 Å². The molecule has 0 spiro atoms. The molecule has 7 heteroatoms. The van der Waals surface area contributed by atoms with Crippen LogP contribution in [-0.4, -0.2) is 56.9 Å². The monoisotopic (exact) mass is 330 g/mol. The van der Waals surface area contributed by atoms with Gasteiger partial charge in [0.15, 0.2) is 19.4 Å². The summed E-state index contributed by atoms with van der Waals surface area (Å²) in [4.78, 5) is 12.4. The second kappa shape index (κ2) is 5.97. The van der Waals surface area contributed by atoms with E-state index in [1.807, 2.05) is 27.7 Å². The summed E-state index contributed by atoms with van der Waals surface area (Å²) in [5, 5.41) is 0. The van der Waals surface area contributed by atoms with Crippen LogP contribution in [0.5, 0.6) is 0 Å². The zero-order valence-corrected chi connectivity index (χ0v) is 14.4. The third kappa shape index (κ3) is 2.68. The first-order valence-electron chi connectivity index (χ1n) is 8.12. The minimum Gasteiger partial charge on any atom is -0.466 e. The van der Waals surface area contributed by atoms with Crippen LogP contribution < -0.4 is 0 Å². The van der Waals surface area contributed by atoms with Gasteiger partial charge in [0, 0.05) is 5.41 Å². The van der Waals surface area contributed by atoms with Gasteiger partial charge in [0.25, 0.3) is 0 Å². The molecule has 0 amide bonds. The molecule has 132 valence electrons. The number of rotatable bonds is 4. The Morgan fingerprint density at radius 1 is 1.09 bits per heavy atom. The molecule has 5 unspecified atom stereocenters. The molecule has 0 radical (unpaired) electrons. The van der Waals surface area contributed by atoms with Gasteiger partial charge in [-0.15, -0.1) is 0 Å². The van der Waals surface area contributed by atoms with Gasteiger partial charge in [0.1, 0.15) is 18.3 Å². The summed E-state index contributed by atoms with van der Waals surface area (Å²) in [6.07, 6.45) is -1.65. The summed E-state index contributed by atoms with van der Waals surface area (Å²) in [5.74, 6) is -0.264. The Morgan fingerprint density at radius 2 is 1.83 bits per heavy atom. The van der Waals surface area contributed by atoms with Gasteiger partial charge >= 0.3 is 5.97 Å². The van der Waals surface area contributed by atoms with E-state index >= 15 is 0 Å². The topological polar surface area (TPSA) is 72.5 Å². The normalized spacial score (nSPS) is 37.3. The predicted molar refractivity (Wildman–Crippen MR) is 78.3 cm³/mol. The maximum Gasteiger partial charge on any atom is 0.312 e. The van der Waals surface area contributed by atoms with E-state index in [1.165, 1.54) is 0 Å². The molecule has 3 aliphatic heterocycles. The number of carbonyl (C=O) groups excluding carboxylic acids is 1. The van der Waals surface area contributed by atoms with Crippen molar-refractivity contribution in [2.45, 2.75) is 65.5 Å². The minimum atomic E-state index is -0.771. The van der Waals surface area contributed by atoms with Crippen molar-refractivity contribution in [3.8, 4) is 0 Å². The summed E-state index contributed by atoms with van der Waals surface area (Å²) in [6.45, 7) is 10.4. The molecule has 3 fully saturated rings. The third-order valence-corrected chi connectivity index (χ3v) is 5.44. The molecule has 0 aromatic heterocycles. The van der Waals surface area contributed by atoms with Gasteiger partial charge in [-0.1, -0.05) is 13.8 Å². The van der Waals surface area contributed by atoms with Crippen molar-refractivity contribution in [3.05, 3.63) is 0 Å². The second-order valence-corrected chi connectivity index (χ2v) is 7.29. The number of hydrogen-bond donors (Lipinski definition) is 0. The SMILES string of the molecule is CCOC(=O)C(C)(C)C(C)(C)C1OCC2OC3OCOC3C2O1. The Morgan fingerprint density at radius 3 is 2.52 bits per heavy atom. The van der Waals surface area contributed by atoms with Crippen LogP contribution in [0.3, 0.4) is 0 Å². The maximum atomic E-state index is 12.4. The van der Waals surface area contributed by atoms with E-state index in [0.717, 1.165) is 0 Å². The number of hydrogen-bond acceptors (Lipinski definition) is 7. The third-order valence-electron chi connectivity index (χ3n) is 5.44. The first-order chi connectivity index (χ1) is 10.8. The zero-order chi connectivity index (χ0) is 16.8. The summed E-state index contributed by atoms with van der Waals surface area (Å²) in [7, 11) is 0. The van der Waals surface area contributed by atoms with Crippen LogP contribution in [0, 0.1) is 10.8 Å². The lowest BCUT2D eigenvalue weighted by molar-refractivity contribution is -0.305. The van der Waals surface area contributed by atoms with Crippen LogP contribution >= 0.6 is 0 Å². The van der Waals surface area contributed by atoms with E-state index in [1.54, 1.807) is 6.92 Å². The number of fused-ring (bicyclic) bond motifs is 3. The summed E-state index contributed by atoms with van der Waals surface area (Å²) < 4.78 is 33.9. The number of ether oxygens (including phenoxy) is 6. The van der Waals surface area contributed by atoms with E-state index in [-0.39, 0.29) is 31.1 Å². The van der Waals surface area contributed by atoms with E-state index < -0.39 is 23.4 Å². The van der Waals surface area contributed by atoms with Crippen LogP contribution in [0.1, 0.15) is 34.6 Å². The van der Waals surface area contributed by atoms with Crippen molar-refractivity contribution in [1.82, 2.24) is 0 Å². The Kier molecular flexibility index (Phi) is 4.44. The molecule has 3 heterocycles. The second-order valence-electron chi connectivity index (χ2n) is 7.29. The lowest BCUT2D eigenvalue weighted by atomic mass is 9.67. The minimum absolute atomic E-state index is 0.206. The quantitative estimate of drug-likeness (QED) is 0.722. The van der Waals surface area contributed by atoms with Gasteiger partial charge in [0.2, 0.25) is 0 Å². The van der Waals surface area contributed by atoms with Crippen molar-refractivity contribution >= 4 is 5.97 Å². The van der Waals surface area contributed by atoms with Crippen LogP contribution in [-0.2, 0) is 33.2 Å². The predicted octanol–water partition coefficient (Wildman–Crippen LogP) is 1.44. The van der Waals surface area contributed by atoms with Gasteiger partial charge in [0.05, 0.1) is 18.6 Å². The van der Waals surface area contributed by atoms with E-state index in [2.05, 4.69) is 0 Å². The molecule has 3 aliphatic rings. The molecule has 5 atom stereocenters. The van der Waals surface area contributed by atoms with Crippen LogP contribution in [0.2, 0.25) is 0 Å². The fourth-order valence-corrected chi connectivity index (χ4v) is 3.10. The summed E-state index contributed by atoms with van der Waals surface area (Å²) in [5.41, 5.74) is -1.37. The average Bonchev–Trinajstić information content (AvgIpc) is 3.07. The van der Waals surface area contributed by atoms with Crippen molar-refractivity contribution in [1.29, 1.82) is 0 Å².